The normalized spacial score (nSPS) is 15.6. The maximum atomic E-state index is 13.3. The molecule has 0 atom stereocenters. The SMILES string of the molecule is Cc1cc(C)c(S(=O)(=O)N2CCN(Cc3cc(=O)n4nc(-c5ccc(F)cc5)sc4n3)CC2)cc1C. The first-order valence-corrected chi connectivity index (χ1v) is 13.8. The van der Waals surface area contributed by atoms with Gasteiger partial charge in [0.2, 0.25) is 15.0 Å². The molecule has 36 heavy (non-hydrogen) atoms. The van der Waals surface area contributed by atoms with Crippen LogP contribution in [0.4, 0.5) is 4.39 Å². The van der Waals surface area contributed by atoms with Crippen molar-refractivity contribution in [3.05, 3.63) is 81.0 Å². The second-order valence-corrected chi connectivity index (χ2v) is 11.9. The molecule has 0 amide bonds. The fraction of sp³-hybridized carbons (Fsp3) is 0.320. The zero-order valence-electron chi connectivity index (χ0n) is 20.2. The predicted molar refractivity (Wildman–Crippen MR) is 137 cm³/mol. The standard InChI is InChI=1S/C25H26FN5O3S2/c1-16-12-18(3)22(13-17(16)2)36(33,34)30-10-8-29(9-11-30)15-21-14-23(32)31-25(27-21)35-24(28-31)19-4-6-20(26)7-5-19/h4-7,12-14H,8-11,15H2,1-3H3. The van der Waals surface area contributed by atoms with Crippen molar-refractivity contribution in [1.29, 1.82) is 0 Å². The Balaban J connectivity index is 1.30. The summed E-state index contributed by atoms with van der Waals surface area (Å²) in [5.41, 5.74) is 3.81. The third-order valence-electron chi connectivity index (χ3n) is 6.52. The van der Waals surface area contributed by atoms with E-state index in [1.165, 1.54) is 38.4 Å². The minimum atomic E-state index is -3.58. The van der Waals surface area contributed by atoms with Crippen molar-refractivity contribution in [3.8, 4) is 10.6 Å². The first-order chi connectivity index (χ1) is 17.1. The van der Waals surface area contributed by atoms with Crippen molar-refractivity contribution < 1.29 is 12.8 Å². The van der Waals surface area contributed by atoms with Crippen molar-refractivity contribution in [2.45, 2.75) is 32.2 Å². The Morgan fingerprint density at radius 2 is 1.61 bits per heavy atom. The summed E-state index contributed by atoms with van der Waals surface area (Å²) in [6, 6.07) is 11.1. The summed E-state index contributed by atoms with van der Waals surface area (Å²) in [7, 11) is -3.58. The summed E-state index contributed by atoms with van der Waals surface area (Å²) < 4.78 is 42.6. The molecule has 2 aromatic carbocycles. The average Bonchev–Trinajstić information content (AvgIpc) is 3.27. The van der Waals surface area contributed by atoms with Gasteiger partial charge in [0.1, 0.15) is 10.8 Å². The summed E-state index contributed by atoms with van der Waals surface area (Å²) in [5.74, 6) is -0.338. The lowest BCUT2D eigenvalue weighted by Gasteiger charge is -2.34. The lowest BCUT2D eigenvalue weighted by Crippen LogP contribution is -2.48. The molecule has 1 fully saturated rings. The molecule has 188 valence electrons. The summed E-state index contributed by atoms with van der Waals surface area (Å²) in [5, 5.41) is 4.92. The van der Waals surface area contributed by atoms with Crippen LogP contribution in [0.1, 0.15) is 22.4 Å². The van der Waals surface area contributed by atoms with E-state index in [2.05, 4.69) is 15.0 Å². The Morgan fingerprint density at radius 3 is 2.31 bits per heavy atom. The van der Waals surface area contributed by atoms with Gasteiger partial charge in [-0.25, -0.2) is 17.8 Å². The van der Waals surface area contributed by atoms with Gasteiger partial charge < -0.3 is 0 Å². The number of hydrogen-bond acceptors (Lipinski definition) is 7. The van der Waals surface area contributed by atoms with E-state index < -0.39 is 10.0 Å². The molecule has 8 nitrogen and oxygen atoms in total. The van der Waals surface area contributed by atoms with Gasteiger partial charge in [0.15, 0.2) is 0 Å². The minimum Gasteiger partial charge on any atom is -0.295 e. The average molecular weight is 528 g/mol. The third-order valence-corrected chi connectivity index (χ3v) is 9.51. The number of nitrogens with zero attached hydrogens (tertiary/aromatic N) is 5. The minimum absolute atomic E-state index is 0.286. The van der Waals surface area contributed by atoms with Crippen LogP contribution < -0.4 is 5.56 Å². The Kier molecular flexibility index (Phi) is 6.50. The van der Waals surface area contributed by atoms with E-state index in [1.54, 1.807) is 18.2 Å². The van der Waals surface area contributed by atoms with Crippen LogP contribution in [-0.4, -0.2) is 58.4 Å². The van der Waals surface area contributed by atoms with Crippen LogP contribution in [0.3, 0.4) is 0 Å². The fourth-order valence-corrected chi connectivity index (χ4v) is 7.00. The Hall–Kier alpha value is -2.99. The second kappa shape index (κ2) is 9.47. The molecule has 0 saturated carbocycles. The molecule has 0 radical (unpaired) electrons. The lowest BCUT2D eigenvalue weighted by atomic mass is 10.1. The number of benzene rings is 2. The van der Waals surface area contributed by atoms with Crippen molar-refractivity contribution in [2.24, 2.45) is 0 Å². The number of sulfonamides is 1. The second-order valence-electron chi connectivity index (χ2n) is 9.08. The Bertz CT molecular complexity index is 1610. The molecular weight excluding hydrogens is 501 g/mol. The van der Waals surface area contributed by atoms with Gasteiger partial charge >= 0.3 is 0 Å². The monoisotopic (exact) mass is 527 g/mol. The molecular formula is C25H26FN5O3S2. The van der Waals surface area contributed by atoms with Gasteiger partial charge in [-0.15, -0.1) is 0 Å². The van der Waals surface area contributed by atoms with Crippen LogP contribution in [0, 0.1) is 26.6 Å². The highest BCUT2D eigenvalue weighted by atomic mass is 32.2. The van der Waals surface area contributed by atoms with Crippen LogP contribution in [0.2, 0.25) is 0 Å². The smallest absolute Gasteiger partial charge is 0.275 e. The molecule has 0 spiro atoms. The van der Waals surface area contributed by atoms with Crippen LogP contribution in [0.25, 0.3) is 15.5 Å². The van der Waals surface area contributed by atoms with E-state index in [0.29, 0.717) is 58.8 Å². The van der Waals surface area contributed by atoms with E-state index in [9.17, 15) is 17.6 Å². The Labute approximate surface area is 212 Å². The molecule has 1 aliphatic rings. The fourth-order valence-electron chi connectivity index (χ4n) is 4.35. The van der Waals surface area contributed by atoms with E-state index in [1.807, 2.05) is 26.8 Å². The van der Waals surface area contributed by atoms with E-state index in [-0.39, 0.29) is 11.4 Å². The van der Waals surface area contributed by atoms with Crippen LogP contribution in [0.15, 0.2) is 52.2 Å². The molecule has 1 aliphatic heterocycles. The molecule has 5 rings (SSSR count). The molecule has 11 heteroatoms. The summed E-state index contributed by atoms with van der Waals surface area (Å²) >= 11 is 1.26. The number of hydrogen-bond donors (Lipinski definition) is 0. The molecule has 3 heterocycles. The molecule has 0 unspecified atom stereocenters. The molecule has 0 N–H and O–H groups in total. The van der Waals surface area contributed by atoms with Gasteiger partial charge in [0.05, 0.1) is 10.6 Å². The maximum Gasteiger partial charge on any atom is 0.275 e. The number of aryl methyl sites for hydroxylation is 3. The third kappa shape index (κ3) is 4.71. The molecule has 1 saturated heterocycles. The van der Waals surface area contributed by atoms with Gasteiger partial charge in [-0.3, -0.25) is 9.69 Å². The zero-order valence-corrected chi connectivity index (χ0v) is 21.9. The van der Waals surface area contributed by atoms with E-state index in [4.69, 9.17) is 0 Å². The van der Waals surface area contributed by atoms with Crippen LogP contribution in [-0.2, 0) is 16.6 Å². The van der Waals surface area contributed by atoms with Gasteiger partial charge in [-0.2, -0.15) is 13.9 Å². The highest BCUT2D eigenvalue weighted by molar-refractivity contribution is 7.89. The van der Waals surface area contributed by atoms with Crippen LogP contribution in [0.5, 0.6) is 0 Å². The number of rotatable bonds is 5. The summed E-state index contributed by atoms with van der Waals surface area (Å²) in [6.45, 7) is 7.97. The topological polar surface area (TPSA) is 87.9 Å². The number of piperazine rings is 1. The summed E-state index contributed by atoms with van der Waals surface area (Å²) in [6.07, 6.45) is 0. The Morgan fingerprint density at radius 1 is 0.944 bits per heavy atom. The van der Waals surface area contributed by atoms with Crippen LogP contribution >= 0.6 is 11.3 Å². The van der Waals surface area contributed by atoms with Crippen molar-refractivity contribution in [1.82, 2.24) is 23.8 Å². The van der Waals surface area contributed by atoms with E-state index >= 15 is 0 Å². The van der Waals surface area contributed by atoms with Crippen molar-refractivity contribution in [2.75, 3.05) is 26.2 Å². The highest BCUT2D eigenvalue weighted by Gasteiger charge is 2.30. The number of fused-ring (bicyclic) bond motifs is 1. The number of aromatic nitrogens is 3. The van der Waals surface area contributed by atoms with Crippen molar-refractivity contribution in [3.63, 3.8) is 0 Å². The largest absolute Gasteiger partial charge is 0.295 e. The molecule has 2 aromatic heterocycles. The quantitative estimate of drug-likeness (QED) is 0.395. The first-order valence-electron chi connectivity index (χ1n) is 11.6. The predicted octanol–water partition coefficient (Wildman–Crippen LogP) is 3.39. The zero-order chi connectivity index (χ0) is 25.6. The maximum absolute atomic E-state index is 13.3. The first kappa shape index (κ1) is 24.7. The van der Waals surface area contributed by atoms with Gasteiger partial charge in [-0.05, 0) is 67.8 Å². The van der Waals surface area contributed by atoms with Gasteiger partial charge in [-0.1, -0.05) is 17.4 Å². The summed E-state index contributed by atoms with van der Waals surface area (Å²) in [4.78, 5) is 20.2. The number of halogens is 1. The lowest BCUT2D eigenvalue weighted by molar-refractivity contribution is 0.180. The molecule has 0 aliphatic carbocycles. The van der Waals surface area contributed by atoms with Gasteiger partial charge in [0.25, 0.3) is 5.56 Å². The molecule has 0 bridgehead atoms. The van der Waals surface area contributed by atoms with Crippen molar-refractivity contribution >= 4 is 26.3 Å². The molecule has 4 aromatic rings. The van der Waals surface area contributed by atoms with E-state index in [0.717, 1.165) is 16.7 Å². The van der Waals surface area contributed by atoms with Gasteiger partial charge in [0, 0.05) is 44.4 Å². The highest BCUT2D eigenvalue weighted by Crippen LogP contribution is 2.26.